The molecule has 0 saturated heterocycles. The Morgan fingerprint density at radius 1 is 1.00 bits per heavy atom. The van der Waals surface area contributed by atoms with Gasteiger partial charge in [-0.15, -0.1) is 0 Å². The first-order valence-corrected chi connectivity index (χ1v) is 8.98. The van der Waals surface area contributed by atoms with Gasteiger partial charge >= 0.3 is 10.1 Å². The van der Waals surface area contributed by atoms with Crippen LogP contribution < -0.4 is 4.18 Å². The summed E-state index contributed by atoms with van der Waals surface area (Å²) in [4.78, 5) is 13.6. The monoisotopic (exact) mass is 369 g/mol. The fraction of sp³-hybridized carbons (Fsp3) is 0.235. The Kier molecular flexibility index (Phi) is 5.73. The maximum absolute atomic E-state index is 13.1. The lowest BCUT2D eigenvalue weighted by Gasteiger charge is -2.18. The van der Waals surface area contributed by atoms with Crippen molar-refractivity contribution in [1.29, 1.82) is 0 Å². The van der Waals surface area contributed by atoms with E-state index in [1.54, 1.807) is 4.90 Å². The lowest BCUT2D eigenvalue weighted by atomic mass is 10.2. The Hall–Kier alpha value is -2.48. The van der Waals surface area contributed by atoms with E-state index in [2.05, 4.69) is 0 Å². The molecule has 0 radical (unpaired) electrons. The topological polar surface area (TPSA) is 63.7 Å². The first-order valence-electron chi connectivity index (χ1n) is 7.57. The summed E-state index contributed by atoms with van der Waals surface area (Å²) < 4.78 is 55.2. The molecule has 0 bridgehead atoms. The number of nitrogens with zero attached hydrogens (tertiary/aromatic N) is 1. The maximum atomic E-state index is 13.1. The van der Waals surface area contributed by atoms with Crippen LogP contribution in [0.4, 0.5) is 8.78 Å². The van der Waals surface area contributed by atoms with Gasteiger partial charge in [-0.25, -0.2) is 8.78 Å². The summed E-state index contributed by atoms with van der Waals surface area (Å²) in [5.74, 6) is -2.88. The van der Waals surface area contributed by atoms with Gasteiger partial charge in [0, 0.05) is 24.7 Å². The van der Waals surface area contributed by atoms with E-state index in [9.17, 15) is 22.0 Å². The number of hydrogen-bond acceptors (Lipinski definition) is 4. The van der Waals surface area contributed by atoms with Crippen molar-refractivity contribution < 1.29 is 26.2 Å². The van der Waals surface area contributed by atoms with Crippen LogP contribution >= 0.6 is 0 Å². The molecule has 0 saturated carbocycles. The van der Waals surface area contributed by atoms with Crippen molar-refractivity contribution in [1.82, 2.24) is 4.90 Å². The third-order valence-electron chi connectivity index (χ3n) is 3.54. The summed E-state index contributed by atoms with van der Waals surface area (Å²) >= 11 is 0. The van der Waals surface area contributed by atoms with Gasteiger partial charge in [0.2, 0.25) is 0 Å². The zero-order chi connectivity index (χ0) is 18.6. The van der Waals surface area contributed by atoms with Crippen molar-refractivity contribution in [3.8, 4) is 5.75 Å². The molecule has 1 amide bonds. The Bertz CT molecular complexity index is 863. The van der Waals surface area contributed by atoms with Gasteiger partial charge in [-0.3, -0.25) is 4.79 Å². The number of benzene rings is 2. The van der Waals surface area contributed by atoms with Crippen LogP contribution in [-0.2, 0) is 10.1 Å². The molecule has 134 valence electrons. The SMILES string of the molecule is CCN(CC)C(=O)c1ccc(S(=O)(=O)Oc2ccc(F)c(F)c2)cc1. The molecule has 0 aliphatic heterocycles. The molecule has 0 aliphatic rings. The molecule has 0 fully saturated rings. The Morgan fingerprint density at radius 2 is 1.60 bits per heavy atom. The number of amides is 1. The molecule has 2 aromatic rings. The predicted molar refractivity (Wildman–Crippen MR) is 87.9 cm³/mol. The molecule has 0 N–H and O–H groups in total. The third-order valence-corrected chi connectivity index (χ3v) is 4.80. The van der Waals surface area contributed by atoms with Crippen LogP contribution in [0.1, 0.15) is 24.2 Å². The Labute approximate surface area is 145 Å². The molecule has 5 nitrogen and oxygen atoms in total. The first-order chi connectivity index (χ1) is 11.8. The Balaban J connectivity index is 2.22. The van der Waals surface area contributed by atoms with Crippen molar-refractivity contribution in [2.24, 2.45) is 0 Å². The number of carbonyl (C=O) groups is 1. The van der Waals surface area contributed by atoms with Gasteiger partial charge in [0.05, 0.1) is 0 Å². The summed E-state index contributed by atoms with van der Waals surface area (Å²) in [6.07, 6.45) is 0. The normalized spacial score (nSPS) is 11.2. The summed E-state index contributed by atoms with van der Waals surface area (Å²) in [7, 11) is -4.23. The van der Waals surface area contributed by atoms with Gasteiger partial charge in [0.25, 0.3) is 5.91 Å². The van der Waals surface area contributed by atoms with Crippen molar-refractivity contribution in [2.75, 3.05) is 13.1 Å². The van der Waals surface area contributed by atoms with Gasteiger partial charge in [0.15, 0.2) is 11.6 Å². The summed E-state index contributed by atoms with van der Waals surface area (Å²) in [5, 5.41) is 0. The zero-order valence-electron chi connectivity index (χ0n) is 13.7. The minimum absolute atomic E-state index is 0.201. The molecule has 0 aromatic heterocycles. The average molecular weight is 369 g/mol. The van der Waals surface area contributed by atoms with E-state index in [-0.39, 0.29) is 16.6 Å². The van der Waals surface area contributed by atoms with E-state index in [4.69, 9.17) is 4.18 Å². The largest absolute Gasteiger partial charge is 0.379 e. The smallest absolute Gasteiger partial charge is 0.339 e. The minimum Gasteiger partial charge on any atom is -0.379 e. The number of hydrogen-bond donors (Lipinski definition) is 0. The highest BCUT2D eigenvalue weighted by Gasteiger charge is 2.19. The maximum Gasteiger partial charge on any atom is 0.339 e. The molecule has 2 aromatic carbocycles. The number of halogens is 2. The van der Waals surface area contributed by atoms with E-state index in [0.717, 1.165) is 12.1 Å². The van der Waals surface area contributed by atoms with Crippen molar-refractivity contribution in [2.45, 2.75) is 18.7 Å². The molecule has 8 heteroatoms. The molecule has 2 rings (SSSR count). The van der Waals surface area contributed by atoms with E-state index >= 15 is 0 Å². The highest BCUT2D eigenvalue weighted by molar-refractivity contribution is 7.87. The molecular weight excluding hydrogens is 352 g/mol. The fourth-order valence-corrected chi connectivity index (χ4v) is 3.08. The van der Waals surface area contributed by atoms with Crippen LogP contribution in [-0.4, -0.2) is 32.3 Å². The second kappa shape index (κ2) is 7.60. The molecule has 0 spiro atoms. The average Bonchev–Trinajstić information content (AvgIpc) is 2.59. The lowest BCUT2D eigenvalue weighted by Crippen LogP contribution is -2.30. The molecule has 25 heavy (non-hydrogen) atoms. The van der Waals surface area contributed by atoms with Gasteiger partial charge in [0.1, 0.15) is 10.6 Å². The molecule has 0 atom stereocenters. The van der Waals surface area contributed by atoms with Crippen LogP contribution in [0.3, 0.4) is 0 Å². The van der Waals surface area contributed by atoms with Gasteiger partial charge in [-0.05, 0) is 50.2 Å². The quantitative estimate of drug-likeness (QED) is 0.734. The van der Waals surface area contributed by atoms with Gasteiger partial charge in [-0.1, -0.05) is 0 Å². The molecule has 0 heterocycles. The van der Waals surface area contributed by atoms with Crippen LogP contribution in [0.5, 0.6) is 5.75 Å². The van der Waals surface area contributed by atoms with E-state index < -0.39 is 21.8 Å². The number of carbonyl (C=O) groups excluding carboxylic acids is 1. The van der Waals surface area contributed by atoms with Crippen LogP contribution in [0, 0.1) is 11.6 Å². The van der Waals surface area contributed by atoms with Crippen LogP contribution in [0.25, 0.3) is 0 Å². The van der Waals surface area contributed by atoms with Crippen LogP contribution in [0.15, 0.2) is 47.4 Å². The first kappa shape index (κ1) is 18.9. The van der Waals surface area contributed by atoms with Gasteiger partial charge in [-0.2, -0.15) is 8.42 Å². The fourth-order valence-electron chi connectivity index (χ4n) is 2.16. The highest BCUT2D eigenvalue weighted by Crippen LogP contribution is 2.21. The van der Waals surface area contributed by atoms with E-state index in [1.165, 1.54) is 24.3 Å². The summed E-state index contributed by atoms with van der Waals surface area (Å²) in [5.41, 5.74) is 0.343. The minimum atomic E-state index is -4.23. The van der Waals surface area contributed by atoms with Crippen LogP contribution in [0.2, 0.25) is 0 Å². The summed E-state index contributed by atoms with van der Waals surface area (Å²) in [6, 6.07) is 7.63. The predicted octanol–water partition coefficient (Wildman–Crippen LogP) is 3.21. The second-order valence-corrected chi connectivity index (χ2v) is 6.66. The molecular formula is C17H17F2NO4S. The van der Waals surface area contributed by atoms with E-state index in [0.29, 0.717) is 24.7 Å². The van der Waals surface area contributed by atoms with Gasteiger partial charge < -0.3 is 9.08 Å². The molecule has 0 aliphatic carbocycles. The number of rotatable bonds is 6. The highest BCUT2D eigenvalue weighted by atomic mass is 32.2. The van der Waals surface area contributed by atoms with Crippen molar-refractivity contribution >= 4 is 16.0 Å². The van der Waals surface area contributed by atoms with Crippen molar-refractivity contribution in [3.63, 3.8) is 0 Å². The van der Waals surface area contributed by atoms with Crippen molar-refractivity contribution in [3.05, 3.63) is 59.7 Å². The molecule has 0 unspecified atom stereocenters. The standard InChI is InChI=1S/C17H17F2NO4S/c1-3-20(4-2)17(21)12-5-8-14(9-6-12)25(22,23)24-13-7-10-15(18)16(19)11-13/h5-11H,3-4H2,1-2H3. The zero-order valence-corrected chi connectivity index (χ0v) is 14.5. The Morgan fingerprint density at radius 3 is 2.12 bits per heavy atom. The second-order valence-electron chi connectivity index (χ2n) is 5.12. The van der Waals surface area contributed by atoms with E-state index in [1.807, 2.05) is 13.8 Å². The summed E-state index contributed by atoms with van der Waals surface area (Å²) in [6.45, 7) is 4.76. The third kappa shape index (κ3) is 4.33. The lowest BCUT2D eigenvalue weighted by molar-refractivity contribution is 0.0773.